The monoisotopic (exact) mass is 429 g/mol. The van der Waals surface area contributed by atoms with Crippen LogP contribution in [0, 0.1) is 11.6 Å². The van der Waals surface area contributed by atoms with Gasteiger partial charge in [-0.15, -0.1) is 0 Å². The van der Waals surface area contributed by atoms with Crippen molar-refractivity contribution in [3.05, 3.63) is 59.8 Å². The summed E-state index contributed by atoms with van der Waals surface area (Å²) in [5.41, 5.74) is 2.24. The van der Waals surface area contributed by atoms with E-state index in [4.69, 9.17) is 9.47 Å². The Kier molecular flexibility index (Phi) is 6.03. The molecule has 8 heteroatoms. The first-order chi connectivity index (χ1) is 14.5. The summed E-state index contributed by atoms with van der Waals surface area (Å²) in [5.74, 6) is 0.892. The third kappa shape index (κ3) is 4.64. The summed E-state index contributed by atoms with van der Waals surface area (Å²) in [7, 11) is 0. The summed E-state index contributed by atoms with van der Waals surface area (Å²) in [4.78, 5) is 8.38. The van der Waals surface area contributed by atoms with Gasteiger partial charge >= 0.3 is 0 Å². The van der Waals surface area contributed by atoms with E-state index in [1.54, 1.807) is 11.8 Å². The molecule has 1 aliphatic heterocycles. The number of anilines is 2. The maximum absolute atomic E-state index is 14.6. The average molecular weight is 429 g/mol. The lowest BCUT2D eigenvalue weighted by molar-refractivity contribution is 0.177. The van der Waals surface area contributed by atoms with Gasteiger partial charge in [0.1, 0.15) is 23.0 Å². The summed E-state index contributed by atoms with van der Waals surface area (Å²) >= 11 is 1.70. The van der Waals surface area contributed by atoms with E-state index < -0.39 is 11.6 Å². The highest BCUT2D eigenvalue weighted by molar-refractivity contribution is 7.97. The third-order valence-corrected chi connectivity index (χ3v) is 5.22. The number of benzene rings is 2. The predicted molar refractivity (Wildman–Crippen MR) is 115 cm³/mol. The van der Waals surface area contributed by atoms with Crippen LogP contribution in [-0.4, -0.2) is 28.9 Å². The van der Waals surface area contributed by atoms with E-state index in [2.05, 4.69) is 15.3 Å². The topological polar surface area (TPSA) is 56.3 Å². The van der Waals surface area contributed by atoms with Gasteiger partial charge in [-0.05, 0) is 43.0 Å². The first-order valence-corrected chi connectivity index (χ1v) is 10.9. The number of rotatable bonds is 2. The third-order valence-electron chi connectivity index (χ3n) is 4.60. The number of fused-ring (bicyclic) bond motifs is 6. The lowest BCUT2D eigenvalue weighted by atomic mass is 10.1. The van der Waals surface area contributed by atoms with E-state index in [1.165, 1.54) is 18.2 Å². The van der Waals surface area contributed by atoms with E-state index in [0.717, 1.165) is 23.2 Å². The summed E-state index contributed by atoms with van der Waals surface area (Å²) < 4.78 is 40.2. The summed E-state index contributed by atoms with van der Waals surface area (Å²) in [6.45, 7) is 2.23. The molecule has 1 atom stereocenters. The molecule has 0 aliphatic carbocycles. The fourth-order valence-electron chi connectivity index (χ4n) is 3.23. The van der Waals surface area contributed by atoms with Gasteiger partial charge in [0.2, 0.25) is 5.95 Å². The summed E-state index contributed by atoms with van der Waals surface area (Å²) in [6, 6.07) is 9.79. The van der Waals surface area contributed by atoms with Gasteiger partial charge in [-0.3, -0.25) is 0 Å². The van der Waals surface area contributed by atoms with Crippen molar-refractivity contribution in [2.75, 3.05) is 18.2 Å². The molecular formula is C22H21F2N3O2S. The van der Waals surface area contributed by atoms with Crippen LogP contribution in [0.5, 0.6) is 11.5 Å². The molecule has 2 heterocycles. The number of hydrogen-bond donors (Lipinski definition) is 1. The number of aromatic nitrogens is 2. The van der Waals surface area contributed by atoms with E-state index in [0.29, 0.717) is 17.7 Å². The maximum atomic E-state index is 14.6. The molecule has 30 heavy (non-hydrogen) atoms. The zero-order valence-corrected chi connectivity index (χ0v) is 17.4. The minimum Gasteiger partial charge on any atom is -0.493 e. The molecular weight excluding hydrogens is 408 g/mol. The number of thioether (sulfide) groups is 1. The highest BCUT2D eigenvalue weighted by atomic mass is 32.2. The number of hydrogen-bond acceptors (Lipinski definition) is 6. The molecule has 0 saturated heterocycles. The van der Waals surface area contributed by atoms with Crippen LogP contribution >= 0.6 is 11.8 Å². The Hall–Kier alpha value is -2.87. The predicted octanol–water partition coefficient (Wildman–Crippen LogP) is 5.58. The van der Waals surface area contributed by atoms with Gasteiger partial charge in [0.25, 0.3) is 0 Å². The van der Waals surface area contributed by atoms with Crippen LogP contribution in [0.2, 0.25) is 0 Å². The number of nitrogens with one attached hydrogen (secondary N) is 1. The van der Waals surface area contributed by atoms with Crippen LogP contribution in [0.15, 0.2) is 42.6 Å². The Morgan fingerprint density at radius 3 is 2.90 bits per heavy atom. The fraction of sp³-hybridized carbons (Fsp3) is 0.273. The van der Waals surface area contributed by atoms with Gasteiger partial charge in [-0.1, -0.05) is 0 Å². The molecule has 1 aliphatic rings. The molecule has 0 spiro atoms. The second-order valence-electron chi connectivity index (χ2n) is 7.02. The fourth-order valence-corrected chi connectivity index (χ4v) is 3.73. The number of nitrogens with zero attached hydrogens (tertiary/aromatic N) is 2. The van der Waals surface area contributed by atoms with Crippen molar-refractivity contribution in [2.24, 2.45) is 0 Å². The molecule has 5 nitrogen and oxygen atoms in total. The molecule has 0 unspecified atom stereocenters. The summed E-state index contributed by atoms with van der Waals surface area (Å²) in [5, 5.41) is 3.13. The zero-order valence-electron chi connectivity index (χ0n) is 16.6. The van der Waals surface area contributed by atoms with Crippen molar-refractivity contribution in [2.45, 2.75) is 25.2 Å². The zero-order chi connectivity index (χ0) is 21.1. The standard InChI is InChI=1S/C22H21F2N3O2S/c1-13-5-6-28-20-9-15(23)3-4-18(20)21-19(24)11-25-22(27-21)26-16-7-14(12-30-2)8-17(10-16)29-13/h3-4,7-11,13H,5-6,12H2,1-2H3,(H,25,26,27)/t13-/m1/s1. The molecule has 1 aromatic heterocycles. The molecule has 156 valence electrons. The van der Waals surface area contributed by atoms with Crippen molar-refractivity contribution >= 4 is 23.4 Å². The van der Waals surface area contributed by atoms with E-state index in [9.17, 15) is 8.78 Å². The van der Waals surface area contributed by atoms with E-state index in [-0.39, 0.29) is 30.1 Å². The van der Waals surface area contributed by atoms with Crippen molar-refractivity contribution in [1.29, 1.82) is 0 Å². The first kappa shape index (κ1) is 20.4. The molecule has 4 rings (SSSR count). The Bertz CT molecular complexity index is 1060. The Labute approximate surface area is 177 Å². The van der Waals surface area contributed by atoms with Gasteiger partial charge in [0.15, 0.2) is 5.82 Å². The molecule has 0 saturated carbocycles. The van der Waals surface area contributed by atoms with Crippen LogP contribution in [0.25, 0.3) is 11.3 Å². The smallest absolute Gasteiger partial charge is 0.227 e. The van der Waals surface area contributed by atoms with Crippen LogP contribution in [0.3, 0.4) is 0 Å². The normalized spacial score (nSPS) is 15.8. The van der Waals surface area contributed by atoms with E-state index in [1.807, 2.05) is 31.4 Å². The molecule has 3 aromatic rings. The quantitative estimate of drug-likeness (QED) is 0.574. The minimum absolute atomic E-state index is 0.0457. The Balaban J connectivity index is 1.82. The molecule has 1 N–H and O–H groups in total. The second kappa shape index (κ2) is 8.87. The average Bonchev–Trinajstić information content (AvgIpc) is 2.69. The Morgan fingerprint density at radius 1 is 1.20 bits per heavy atom. The first-order valence-electron chi connectivity index (χ1n) is 9.53. The van der Waals surface area contributed by atoms with Crippen molar-refractivity contribution in [3.63, 3.8) is 0 Å². The number of ether oxygens (including phenoxy) is 2. The van der Waals surface area contributed by atoms with Crippen molar-refractivity contribution in [1.82, 2.24) is 9.97 Å². The largest absolute Gasteiger partial charge is 0.493 e. The van der Waals surface area contributed by atoms with Crippen LogP contribution in [0.4, 0.5) is 20.4 Å². The van der Waals surface area contributed by atoms with Crippen molar-refractivity contribution < 1.29 is 18.3 Å². The highest BCUT2D eigenvalue weighted by Crippen LogP contribution is 2.33. The molecule has 0 fully saturated rings. The second-order valence-corrected chi connectivity index (χ2v) is 7.89. The Morgan fingerprint density at radius 2 is 2.07 bits per heavy atom. The highest BCUT2D eigenvalue weighted by Gasteiger charge is 2.17. The molecule has 0 radical (unpaired) electrons. The number of halogens is 2. The van der Waals surface area contributed by atoms with Gasteiger partial charge in [0, 0.05) is 35.6 Å². The minimum atomic E-state index is -0.613. The SMILES string of the molecule is CSCc1cc2cc(c1)O[C@H](C)CCOc1cc(F)ccc1-c1nc(ncc1F)N2. The van der Waals surface area contributed by atoms with Crippen LogP contribution in [0.1, 0.15) is 18.9 Å². The van der Waals surface area contributed by atoms with Gasteiger partial charge < -0.3 is 14.8 Å². The lowest BCUT2D eigenvalue weighted by Crippen LogP contribution is -2.16. The lowest BCUT2D eigenvalue weighted by Gasteiger charge is -2.19. The van der Waals surface area contributed by atoms with Crippen molar-refractivity contribution in [3.8, 4) is 22.8 Å². The van der Waals surface area contributed by atoms with E-state index >= 15 is 0 Å². The van der Waals surface area contributed by atoms with Crippen LogP contribution in [-0.2, 0) is 5.75 Å². The molecule has 0 amide bonds. The van der Waals surface area contributed by atoms with Gasteiger partial charge in [-0.2, -0.15) is 11.8 Å². The molecule has 4 bridgehead atoms. The summed E-state index contributed by atoms with van der Waals surface area (Å²) in [6.07, 6.45) is 3.56. The van der Waals surface area contributed by atoms with Gasteiger partial charge in [-0.25, -0.2) is 18.7 Å². The maximum Gasteiger partial charge on any atom is 0.227 e. The van der Waals surface area contributed by atoms with Gasteiger partial charge in [0.05, 0.1) is 18.9 Å². The van der Waals surface area contributed by atoms with Crippen LogP contribution < -0.4 is 14.8 Å². The molecule has 2 aromatic carbocycles.